The van der Waals surface area contributed by atoms with Crippen molar-refractivity contribution in [1.29, 1.82) is 0 Å². The molecule has 1 aliphatic heterocycles. The van der Waals surface area contributed by atoms with Crippen molar-refractivity contribution < 1.29 is 13.2 Å². The van der Waals surface area contributed by atoms with Crippen molar-refractivity contribution in [3.63, 3.8) is 0 Å². The third-order valence-electron chi connectivity index (χ3n) is 4.80. The first-order valence-corrected chi connectivity index (χ1v) is 10.2. The second-order valence-corrected chi connectivity index (χ2v) is 8.96. The SMILES string of the molecule is Cc1ccc(S(=O)(=O)N2CCC(C(=O)NCCN(C)C)CC2)cc1C. The molecule has 0 aliphatic carbocycles. The van der Waals surface area contributed by atoms with E-state index in [1.54, 1.807) is 12.1 Å². The number of sulfonamides is 1. The summed E-state index contributed by atoms with van der Waals surface area (Å²) in [5.41, 5.74) is 2.04. The summed E-state index contributed by atoms with van der Waals surface area (Å²) < 4.78 is 27.1. The molecule has 0 radical (unpaired) electrons. The molecule has 1 aromatic carbocycles. The number of rotatable bonds is 6. The minimum absolute atomic E-state index is 0.0325. The Morgan fingerprint density at radius 3 is 2.40 bits per heavy atom. The summed E-state index contributed by atoms with van der Waals surface area (Å²) in [7, 11) is 0.438. The van der Waals surface area contributed by atoms with Crippen molar-refractivity contribution in [2.75, 3.05) is 40.3 Å². The van der Waals surface area contributed by atoms with E-state index in [0.717, 1.165) is 17.7 Å². The fourth-order valence-electron chi connectivity index (χ4n) is 2.93. The number of carbonyl (C=O) groups is 1. The standard InChI is InChI=1S/C18H29N3O3S/c1-14-5-6-17(13-15(14)2)25(23,24)21-10-7-16(8-11-21)18(22)19-9-12-20(3)4/h5-6,13,16H,7-12H2,1-4H3,(H,19,22). The van der Waals surface area contributed by atoms with Gasteiger partial charge in [-0.3, -0.25) is 4.79 Å². The van der Waals surface area contributed by atoms with E-state index in [9.17, 15) is 13.2 Å². The number of likely N-dealkylation sites (N-methyl/N-ethyl adjacent to an activating group) is 1. The molecule has 0 unspecified atom stereocenters. The molecule has 0 bridgehead atoms. The molecule has 2 rings (SSSR count). The Morgan fingerprint density at radius 1 is 1.20 bits per heavy atom. The summed E-state index contributed by atoms with van der Waals surface area (Å²) in [5, 5.41) is 2.93. The van der Waals surface area contributed by atoms with Crippen LogP contribution in [0.15, 0.2) is 23.1 Å². The van der Waals surface area contributed by atoms with Gasteiger partial charge in [0.25, 0.3) is 0 Å². The van der Waals surface area contributed by atoms with Gasteiger partial charge >= 0.3 is 0 Å². The van der Waals surface area contributed by atoms with Crippen LogP contribution in [0.2, 0.25) is 0 Å². The highest BCUT2D eigenvalue weighted by molar-refractivity contribution is 7.89. The van der Waals surface area contributed by atoms with Crippen molar-refractivity contribution in [2.24, 2.45) is 5.92 Å². The van der Waals surface area contributed by atoms with Crippen LogP contribution in [0.1, 0.15) is 24.0 Å². The first-order valence-electron chi connectivity index (χ1n) is 8.71. The number of hydrogen-bond acceptors (Lipinski definition) is 4. The average Bonchev–Trinajstić information content (AvgIpc) is 2.57. The fraction of sp³-hybridized carbons (Fsp3) is 0.611. The van der Waals surface area contributed by atoms with Crippen LogP contribution in [0.25, 0.3) is 0 Å². The number of amides is 1. The Bertz CT molecular complexity index is 708. The third-order valence-corrected chi connectivity index (χ3v) is 6.69. The molecule has 0 saturated carbocycles. The van der Waals surface area contributed by atoms with E-state index in [4.69, 9.17) is 0 Å². The molecule has 7 heteroatoms. The third kappa shape index (κ3) is 5.03. The van der Waals surface area contributed by atoms with Crippen LogP contribution in [-0.2, 0) is 14.8 Å². The van der Waals surface area contributed by atoms with E-state index >= 15 is 0 Å². The van der Waals surface area contributed by atoms with Gasteiger partial charge in [0.1, 0.15) is 0 Å². The maximum absolute atomic E-state index is 12.8. The van der Waals surface area contributed by atoms with Gasteiger partial charge in [0.05, 0.1) is 4.90 Å². The Hall–Kier alpha value is -1.44. The van der Waals surface area contributed by atoms with Gasteiger partial charge in [-0.15, -0.1) is 0 Å². The van der Waals surface area contributed by atoms with Crippen molar-refractivity contribution in [3.8, 4) is 0 Å². The monoisotopic (exact) mass is 367 g/mol. The minimum Gasteiger partial charge on any atom is -0.355 e. The van der Waals surface area contributed by atoms with Crippen LogP contribution < -0.4 is 5.32 Å². The van der Waals surface area contributed by atoms with Crippen molar-refractivity contribution in [1.82, 2.24) is 14.5 Å². The molecule has 1 fully saturated rings. The summed E-state index contributed by atoms with van der Waals surface area (Å²) in [5.74, 6) is -0.0709. The topological polar surface area (TPSA) is 69.7 Å². The van der Waals surface area contributed by atoms with Crippen LogP contribution in [0.5, 0.6) is 0 Å². The normalized spacial score (nSPS) is 17.0. The van der Waals surface area contributed by atoms with Crippen molar-refractivity contribution in [2.45, 2.75) is 31.6 Å². The van der Waals surface area contributed by atoms with Crippen LogP contribution in [0, 0.1) is 19.8 Å². The lowest BCUT2D eigenvalue weighted by atomic mass is 9.97. The molecule has 1 heterocycles. The van der Waals surface area contributed by atoms with Crippen LogP contribution in [0.3, 0.4) is 0 Å². The summed E-state index contributed by atoms with van der Waals surface area (Å²) in [4.78, 5) is 14.5. The Morgan fingerprint density at radius 2 is 1.84 bits per heavy atom. The van der Waals surface area contributed by atoms with Crippen molar-refractivity contribution >= 4 is 15.9 Å². The molecule has 0 atom stereocenters. The fourth-order valence-corrected chi connectivity index (χ4v) is 4.48. The number of carbonyl (C=O) groups excluding carboxylic acids is 1. The van der Waals surface area contributed by atoms with Gasteiger partial charge in [0.15, 0.2) is 0 Å². The zero-order valence-corrected chi connectivity index (χ0v) is 16.4. The molecule has 1 amide bonds. The first-order chi connectivity index (χ1) is 11.7. The highest BCUT2D eigenvalue weighted by Gasteiger charge is 2.32. The summed E-state index contributed by atoms with van der Waals surface area (Å²) in [6, 6.07) is 5.23. The molecule has 1 saturated heterocycles. The molecule has 6 nitrogen and oxygen atoms in total. The van der Waals surface area contributed by atoms with Gasteiger partial charge < -0.3 is 10.2 Å². The van der Waals surface area contributed by atoms with Gasteiger partial charge in [-0.25, -0.2) is 8.42 Å². The lowest BCUT2D eigenvalue weighted by Crippen LogP contribution is -2.43. The highest BCUT2D eigenvalue weighted by Crippen LogP contribution is 2.25. The van der Waals surface area contributed by atoms with E-state index in [-0.39, 0.29) is 11.8 Å². The Balaban J connectivity index is 1.94. The zero-order chi connectivity index (χ0) is 18.6. The van der Waals surface area contributed by atoms with Crippen LogP contribution in [-0.4, -0.2) is 63.8 Å². The molecular formula is C18H29N3O3S. The van der Waals surface area contributed by atoms with Crippen LogP contribution in [0.4, 0.5) is 0 Å². The predicted molar refractivity (Wildman–Crippen MR) is 99.0 cm³/mol. The quantitative estimate of drug-likeness (QED) is 0.825. The largest absolute Gasteiger partial charge is 0.355 e. The van der Waals surface area contributed by atoms with E-state index < -0.39 is 10.0 Å². The molecule has 140 valence electrons. The number of nitrogens with zero attached hydrogens (tertiary/aromatic N) is 2. The second-order valence-electron chi connectivity index (χ2n) is 7.02. The molecule has 0 aromatic heterocycles. The lowest BCUT2D eigenvalue weighted by Gasteiger charge is -2.30. The molecule has 1 aliphatic rings. The van der Waals surface area contributed by atoms with E-state index in [1.165, 1.54) is 4.31 Å². The molecule has 1 aromatic rings. The molecule has 0 spiro atoms. The van der Waals surface area contributed by atoms with Crippen LogP contribution >= 0.6 is 0 Å². The summed E-state index contributed by atoms with van der Waals surface area (Å²) in [6.07, 6.45) is 1.13. The predicted octanol–water partition coefficient (Wildman–Crippen LogP) is 1.38. The summed E-state index contributed by atoms with van der Waals surface area (Å²) >= 11 is 0. The minimum atomic E-state index is -3.48. The van der Waals surface area contributed by atoms with Gasteiger partial charge in [-0.05, 0) is 64.0 Å². The van der Waals surface area contributed by atoms with Gasteiger partial charge in [-0.2, -0.15) is 4.31 Å². The lowest BCUT2D eigenvalue weighted by molar-refractivity contribution is -0.126. The number of piperidine rings is 1. The first kappa shape index (κ1) is 19.9. The summed E-state index contributed by atoms with van der Waals surface area (Å²) in [6.45, 7) is 6.07. The van der Waals surface area contributed by atoms with E-state index in [1.807, 2.05) is 38.9 Å². The maximum Gasteiger partial charge on any atom is 0.243 e. The molecular weight excluding hydrogens is 338 g/mol. The molecule has 25 heavy (non-hydrogen) atoms. The maximum atomic E-state index is 12.8. The number of hydrogen-bond donors (Lipinski definition) is 1. The number of benzene rings is 1. The zero-order valence-electron chi connectivity index (χ0n) is 15.6. The second kappa shape index (κ2) is 8.29. The molecule has 1 N–H and O–H groups in total. The van der Waals surface area contributed by atoms with Gasteiger partial charge in [0.2, 0.25) is 15.9 Å². The van der Waals surface area contributed by atoms with Crippen molar-refractivity contribution in [3.05, 3.63) is 29.3 Å². The smallest absolute Gasteiger partial charge is 0.243 e. The Labute approximate surface area is 151 Å². The average molecular weight is 368 g/mol. The van der Waals surface area contributed by atoms with Gasteiger partial charge in [-0.1, -0.05) is 6.07 Å². The highest BCUT2D eigenvalue weighted by atomic mass is 32.2. The van der Waals surface area contributed by atoms with Gasteiger partial charge in [0, 0.05) is 32.1 Å². The number of aryl methyl sites for hydroxylation is 2. The number of nitrogens with one attached hydrogen (secondary N) is 1. The Kier molecular flexibility index (Phi) is 6.59. The van der Waals surface area contributed by atoms with E-state index in [0.29, 0.717) is 37.4 Å². The van der Waals surface area contributed by atoms with E-state index in [2.05, 4.69) is 5.32 Å².